The van der Waals surface area contributed by atoms with Crippen LogP contribution in [0.3, 0.4) is 0 Å². The van der Waals surface area contributed by atoms with Crippen LogP contribution in [-0.4, -0.2) is 17.9 Å². The van der Waals surface area contributed by atoms with Crippen LogP contribution in [0.5, 0.6) is 5.75 Å². The van der Waals surface area contributed by atoms with Crippen molar-refractivity contribution in [1.82, 2.24) is 4.98 Å². The van der Waals surface area contributed by atoms with E-state index in [9.17, 15) is 0 Å². The minimum absolute atomic E-state index is 0.276. The Morgan fingerprint density at radius 3 is 2.70 bits per heavy atom. The Labute approximate surface area is 162 Å². The van der Waals surface area contributed by atoms with Crippen LogP contribution in [0.4, 0.5) is 17.3 Å². The Morgan fingerprint density at radius 2 is 2.00 bits per heavy atom. The Bertz CT molecular complexity index is 1040. The lowest BCUT2D eigenvalue weighted by Crippen LogP contribution is -2.10. The van der Waals surface area contributed by atoms with Crippen LogP contribution in [0.2, 0.25) is 5.02 Å². The quantitative estimate of drug-likeness (QED) is 0.446. The second-order valence-corrected chi connectivity index (χ2v) is 6.41. The van der Waals surface area contributed by atoms with Gasteiger partial charge in [-0.1, -0.05) is 17.7 Å². The first-order valence-electron chi connectivity index (χ1n) is 8.24. The number of aliphatic imine (C=N–C) groups is 1. The number of fused-ring (bicyclic) bond motifs is 1. The molecule has 0 saturated heterocycles. The standard InChI is InChI=1S/C20H20ClN5O/c1-12(22)8-18(23)25-19-10-13-9-16(27-2)6-7-17(13)20(26-19)24-15-5-3-4-14(21)11-15/h3-11H,22H2,1-2H3,(H3,23,24,25,26)/b12-8-. The van der Waals surface area contributed by atoms with Gasteiger partial charge in [-0.25, -0.2) is 9.98 Å². The fourth-order valence-electron chi connectivity index (χ4n) is 2.60. The normalized spacial score (nSPS) is 12.3. The van der Waals surface area contributed by atoms with E-state index in [1.54, 1.807) is 20.1 Å². The zero-order valence-electron chi connectivity index (χ0n) is 15.0. The highest BCUT2D eigenvalue weighted by Gasteiger charge is 2.08. The third-order valence-corrected chi connectivity index (χ3v) is 3.97. The van der Waals surface area contributed by atoms with Crippen molar-refractivity contribution in [2.45, 2.75) is 6.92 Å². The first-order chi connectivity index (χ1) is 12.9. The molecule has 0 aliphatic heterocycles. The van der Waals surface area contributed by atoms with Gasteiger partial charge in [0.15, 0.2) is 5.82 Å². The number of amidine groups is 1. The van der Waals surface area contributed by atoms with E-state index in [2.05, 4.69) is 15.3 Å². The molecule has 0 unspecified atom stereocenters. The zero-order valence-corrected chi connectivity index (χ0v) is 15.8. The van der Waals surface area contributed by atoms with Crippen molar-refractivity contribution >= 4 is 45.5 Å². The topological polar surface area (TPSA) is 98.5 Å². The van der Waals surface area contributed by atoms with E-state index in [0.717, 1.165) is 22.2 Å². The van der Waals surface area contributed by atoms with Crippen molar-refractivity contribution in [1.29, 1.82) is 0 Å². The Hall–Kier alpha value is -3.25. The van der Waals surface area contributed by atoms with Crippen LogP contribution in [0.15, 0.2) is 65.3 Å². The monoisotopic (exact) mass is 381 g/mol. The molecular formula is C20H20ClN5O. The molecule has 5 N–H and O–H groups in total. The summed E-state index contributed by atoms with van der Waals surface area (Å²) in [5, 5.41) is 5.75. The first kappa shape index (κ1) is 18.5. The fraction of sp³-hybridized carbons (Fsp3) is 0.100. The van der Waals surface area contributed by atoms with Crippen LogP contribution in [0.1, 0.15) is 6.92 Å². The van der Waals surface area contributed by atoms with Gasteiger partial charge in [0.25, 0.3) is 0 Å². The van der Waals surface area contributed by atoms with Crippen LogP contribution in [0.25, 0.3) is 10.8 Å². The van der Waals surface area contributed by atoms with Gasteiger partial charge in [-0.3, -0.25) is 0 Å². The predicted molar refractivity (Wildman–Crippen MR) is 112 cm³/mol. The van der Waals surface area contributed by atoms with Crippen molar-refractivity contribution in [3.05, 3.63) is 65.3 Å². The van der Waals surface area contributed by atoms with Crippen molar-refractivity contribution in [2.75, 3.05) is 12.4 Å². The number of nitrogens with zero attached hydrogens (tertiary/aromatic N) is 2. The molecular weight excluding hydrogens is 362 g/mol. The van der Waals surface area contributed by atoms with Gasteiger partial charge in [0, 0.05) is 21.8 Å². The highest BCUT2D eigenvalue weighted by atomic mass is 35.5. The molecule has 3 aromatic rings. The molecule has 27 heavy (non-hydrogen) atoms. The van der Waals surface area contributed by atoms with Gasteiger partial charge in [-0.05, 0) is 60.9 Å². The molecule has 0 radical (unpaired) electrons. The largest absolute Gasteiger partial charge is 0.497 e. The molecule has 138 valence electrons. The molecule has 0 fully saturated rings. The van der Waals surface area contributed by atoms with Crippen LogP contribution >= 0.6 is 11.6 Å². The Kier molecular flexibility index (Phi) is 5.47. The minimum atomic E-state index is 0.276. The molecule has 0 atom stereocenters. The third-order valence-electron chi connectivity index (χ3n) is 3.73. The van der Waals surface area contributed by atoms with E-state index in [0.29, 0.717) is 22.4 Å². The molecule has 3 rings (SSSR count). The van der Waals surface area contributed by atoms with E-state index >= 15 is 0 Å². The maximum Gasteiger partial charge on any atom is 0.157 e. The summed E-state index contributed by atoms with van der Waals surface area (Å²) in [7, 11) is 1.62. The average molecular weight is 382 g/mol. The van der Waals surface area contributed by atoms with E-state index in [1.165, 1.54) is 0 Å². The number of methoxy groups -OCH3 is 1. The van der Waals surface area contributed by atoms with Gasteiger partial charge in [-0.2, -0.15) is 0 Å². The molecule has 0 saturated carbocycles. The van der Waals surface area contributed by atoms with Crippen LogP contribution < -0.4 is 21.5 Å². The summed E-state index contributed by atoms with van der Waals surface area (Å²) < 4.78 is 5.32. The lowest BCUT2D eigenvalue weighted by Gasteiger charge is -2.11. The number of nitrogens with one attached hydrogen (secondary N) is 1. The van der Waals surface area contributed by atoms with Crippen molar-refractivity contribution in [2.24, 2.45) is 16.5 Å². The van der Waals surface area contributed by atoms with E-state index in [4.69, 9.17) is 27.8 Å². The maximum absolute atomic E-state index is 6.08. The molecule has 0 spiro atoms. The lowest BCUT2D eigenvalue weighted by atomic mass is 10.1. The molecule has 0 aliphatic rings. The number of allylic oxidation sites excluding steroid dienone is 1. The fourth-order valence-corrected chi connectivity index (χ4v) is 2.79. The predicted octanol–water partition coefficient (Wildman–Crippen LogP) is 4.49. The van der Waals surface area contributed by atoms with E-state index in [1.807, 2.05) is 48.5 Å². The summed E-state index contributed by atoms with van der Waals surface area (Å²) in [6.07, 6.45) is 1.58. The molecule has 0 amide bonds. The van der Waals surface area contributed by atoms with Gasteiger partial charge in [-0.15, -0.1) is 0 Å². The molecule has 1 heterocycles. The maximum atomic E-state index is 6.08. The van der Waals surface area contributed by atoms with E-state index in [-0.39, 0.29) is 5.84 Å². The van der Waals surface area contributed by atoms with Gasteiger partial charge >= 0.3 is 0 Å². The molecule has 7 heteroatoms. The number of hydrogen-bond acceptors (Lipinski definition) is 5. The number of rotatable bonds is 5. The van der Waals surface area contributed by atoms with Crippen LogP contribution in [-0.2, 0) is 0 Å². The van der Waals surface area contributed by atoms with Gasteiger partial charge < -0.3 is 21.5 Å². The SMILES string of the molecule is COc1ccc2c(Nc3cccc(Cl)c3)nc(N=C(N)/C=C(/C)N)cc2c1. The lowest BCUT2D eigenvalue weighted by molar-refractivity contribution is 0.415. The van der Waals surface area contributed by atoms with Crippen molar-refractivity contribution in [3.8, 4) is 5.75 Å². The summed E-state index contributed by atoms with van der Waals surface area (Å²) in [5.74, 6) is 2.11. The first-order valence-corrected chi connectivity index (χ1v) is 8.62. The zero-order chi connectivity index (χ0) is 19.4. The number of nitrogens with two attached hydrogens (primary N) is 2. The summed E-state index contributed by atoms with van der Waals surface area (Å²) in [4.78, 5) is 8.94. The number of benzene rings is 2. The highest BCUT2D eigenvalue weighted by Crippen LogP contribution is 2.31. The summed E-state index contributed by atoms with van der Waals surface area (Å²) in [6, 6.07) is 15.0. The number of halogens is 1. The number of anilines is 2. The average Bonchev–Trinajstić information content (AvgIpc) is 2.60. The van der Waals surface area contributed by atoms with Gasteiger partial charge in [0.1, 0.15) is 17.4 Å². The smallest absolute Gasteiger partial charge is 0.157 e. The molecule has 1 aromatic heterocycles. The Balaban J connectivity index is 2.13. The summed E-state index contributed by atoms with van der Waals surface area (Å²) in [6.45, 7) is 1.74. The molecule has 6 nitrogen and oxygen atoms in total. The number of aromatic nitrogens is 1. The third kappa shape index (κ3) is 4.68. The minimum Gasteiger partial charge on any atom is -0.497 e. The molecule has 0 aliphatic carbocycles. The van der Waals surface area contributed by atoms with E-state index < -0.39 is 0 Å². The summed E-state index contributed by atoms with van der Waals surface area (Å²) in [5.41, 5.74) is 13.0. The molecule has 2 aromatic carbocycles. The second kappa shape index (κ2) is 7.97. The summed E-state index contributed by atoms with van der Waals surface area (Å²) >= 11 is 6.08. The number of ether oxygens (including phenoxy) is 1. The van der Waals surface area contributed by atoms with Crippen molar-refractivity contribution in [3.63, 3.8) is 0 Å². The number of hydrogen-bond donors (Lipinski definition) is 3. The Morgan fingerprint density at radius 1 is 1.19 bits per heavy atom. The van der Waals surface area contributed by atoms with Crippen LogP contribution in [0, 0.1) is 0 Å². The number of pyridine rings is 1. The van der Waals surface area contributed by atoms with Crippen molar-refractivity contribution < 1.29 is 4.74 Å². The second-order valence-electron chi connectivity index (χ2n) is 5.98. The highest BCUT2D eigenvalue weighted by molar-refractivity contribution is 6.30. The molecule has 0 bridgehead atoms. The van der Waals surface area contributed by atoms with Gasteiger partial charge in [0.05, 0.1) is 7.11 Å². The van der Waals surface area contributed by atoms with Gasteiger partial charge in [0.2, 0.25) is 0 Å².